The van der Waals surface area contributed by atoms with Crippen LogP contribution < -0.4 is 0 Å². The summed E-state index contributed by atoms with van der Waals surface area (Å²) in [6.45, 7) is 0. The highest BCUT2D eigenvalue weighted by molar-refractivity contribution is 6.04. The van der Waals surface area contributed by atoms with Crippen molar-refractivity contribution in [1.82, 2.24) is 0 Å². The van der Waals surface area contributed by atoms with Crippen molar-refractivity contribution in [2.75, 3.05) is 14.2 Å². The number of benzene rings is 1. The van der Waals surface area contributed by atoms with Crippen molar-refractivity contribution in [1.29, 1.82) is 0 Å². The van der Waals surface area contributed by atoms with Gasteiger partial charge < -0.3 is 9.47 Å². The standard InChI is InChI=1S/C13H14O4/c1-16-12(14)10-7-6-8-4-3-5-9(8)11(10)13(15)17-2/h6-7H,3-5H2,1-2H3. The fourth-order valence-electron chi connectivity index (χ4n) is 2.28. The van der Waals surface area contributed by atoms with Gasteiger partial charge in [-0.25, -0.2) is 9.59 Å². The first kappa shape index (κ1) is 11.6. The molecular weight excluding hydrogens is 220 g/mol. The normalized spacial score (nSPS) is 13.1. The molecule has 4 heteroatoms. The zero-order chi connectivity index (χ0) is 12.4. The lowest BCUT2D eigenvalue weighted by molar-refractivity contribution is 0.0554. The van der Waals surface area contributed by atoms with E-state index < -0.39 is 11.9 Å². The SMILES string of the molecule is COC(=O)c1ccc2c(c1C(=O)OC)CCC2. The van der Waals surface area contributed by atoms with Gasteiger partial charge in [-0.05, 0) is 36.5 Å². The van der Waals surface area contributed by atoms with Crippen LogP contribution in [0, 0.1) is 0 Å². The van der Waals surface area contributed by atoms with Gasteiger partial charge in [-0.1, -0.05) is 6.07 Å². The van der Waals surface area contributed by atoms with E-state index in [9.17, 15) is 9.59 Å². The molecule has 90 valence electrons. The zero-order valence-electron chi connectivity index (χ0n) is 9.91. The quantitative estimate of drug-likeness (QED) is 0.731. The van der Waals surface area contributed by atoms with E-state index in [0.29, 0.717) is 11.1 Å². The number of hydrogen-bond acceptors (Lipinski definition) is 4. The lowest BCUT2D eigenvalue weighted by atomic mass is 9.97. The van der Waals surface area contributed by atoms with Gasteiger partial charge in [-0.2, -0.15) is 0 Å². The number of rotatable bonds is 2. The molecule has 0 spiro atoms. The summed E-state index contributed by atoms with van der Waals surface area (Å²) in [7, 11) is 2.62. The van der Waals surface area contributed by atoms with Gasteiger partial charge in [0, 0.05) is 0 Å². The van der Waals surface area contributed by atoms with Gasteiger partial charge in [0.2, 0.25) is 0 Å². The summed E-state index contributed by atoms with van der Waals surface area (Å²) in [5, 5.41) is 0. The molecule has 0 radical (unpaired) electrons. The van der Waals surface area contributed by atoms with Crippen molar-refractivity contribution in [2.45, 2.75) is 19.3 Å². The summed E-state index contributed by atoms with van der Waals surface area (Å²) >= 11 is 0. The number of aryl methyl sites for hydroxylation is 1. The Morgan fingerprint density at radius 1 is 1.06 bits per heavy atom. The molecule has 1 aromatic rings. The van der Waals surface area contributed by atoms with Gasteiger partial charge in [0.25, 0.3) is 0 Å². The van der Waals surface area contributed by atoms with Crippen LogP contribution in [-0.4, -0.2) is 26.2 Å². The second kappa shape index (κ2) is 4.57. The molecule has 0 N–H and O–H groups in total. The molecule has 0 atom stereocenters. The summed E-state index contributed by atoms with van der Waals surface area (Å²) in [6.07, 6.45) is 2.76. The fraction of sp³-hybridized carbons (Fsp3) is 0.385. The van der Waals surface area contributed by atoms with Gasteiger partial charge in [0.1, 0.15) is 0 Å². The largest absolute Gasteiger partial charge is 0.465 e. The van der Waals surface area contributed by atoms with E-state index in [2.05, 4.69) is 4.74 Å². The smallest absolute Gasteiger partial charge is 0.339 e. The third-order valence-corrected chi connectivity index (χ3v) is 3.08. The molecule has 0 amide bonds. The van der Waals surface area contributed by atoms with E-state index in [0.717, 1.165) is 30.4 Å². The number of ether oxygens (including phenoxy) is 2. The molecule has 1 aliphatic carbocycles. The Balaban J connectivity index is 2.60. The Bertz CT molecular complexity index is 477. The molecule has 0 aliphatic heterocycles. The van der Waals surface area contributed by atoms with Crippen molar-refractivity contribution in [3.63, 3.8) is 0 Å². The van der Waals surface area contributed by atoms with Crippen LogP contribution in [0.3, 0.4) is 0 Å². The summed E-state index contributed by atoms with van der Waals surface area (Å²) in [5.41, 5.74) is 2.71. The highest BCUT2D eigenvalue weighted by Crippen LogP contribution is 2.28. The van der Waals surface area contributed by atoms with Crippen LogP contribution in [0.1, 0.15) is 38.3 Å². The molecule has 0 aromatic heterocycles. The second-order valence-electron chi connectivity index (χ2n) is 3.96. The molecule has 0 unspecified atom stereocenters. The van der Waals surface area contributed by atoms with Crippen LogP contribution in [0.25, 0.3) is 0 Å². The van der Waals surface area contributed by atoms with E-state index in [1.54, 1.807) is 6.07 Å². The Morgan fingerprint density at radius 2 is 1.76 bits per heavy atom. The van der Waals surface area contributed by atoms with Gasteiger partial charge in [-0.3, -0.25) is 0 Å². The number of carbonyl (C=O) groups excluding carboxylic acids is 2. The zero-order valence-corrected chi connectivity index (χ0v) is 9.91. The molecule has 0 saturated heterocycles. The first-order valence-electron chi connectivity index (χ1n) is 5.50. The minimum absolute atomic E-state index is 0.292. The average Bonchev–Trinajstić information content (AvgIpc) is 2.83. The maximum atomic E-state index is 11.8. The fourth-order valence-corrected chi connectivity index (χ4v) is 2.28. The Labute approximate surface area is 99.5 Å². The molecule has 17 heavy (non-hydrogen) atoms. The predicted octanol–water partition coefficient (Wildman–Crippen LogP) is 1.75. The van der Waals surface area contributed by atoms with Gasteiger partial charge in [0.05, 0.1) is 25.3 Å². The molecule has 0 fully saturated rings. The van der Waals surface area contributed by atoms with Crippen LogP contribution in [0.4, 0.5) is 0 Å². The third-order valence-electron chi connectivity index (χ3n) is 3.08. The average molecular weight is 234 g/mol. The summed E-state index contributed by atoms with van der Waals surface area (Å²) in [4.78, 5) is 23.4. The highest BCUT2D eigenvalue weighted by Gasteiger charge is 2.26. The van der Waals surface area contributed by atoms with E-state index in [4.69, 9.17) is 4.74 Å². The minimum atomic E-state index is -0.500. The van der Waals surface area contributed by atoms with E-state index in [-0.39, 0.29) is 0 Å². The molecule has 1 aliphatic rings. The maximum Gasteiger partial charge on any atom is 0.339 e. The number of hydrogen-bond donors (Lipinski definition) is 0. The maximum absolute atomic E-state index is 11.8. The van der Waals surface area contributed by atoms with Gasteiger partial charge in [0.15, 0.2) is 0 Å². The lowest BCUT2D eigenvalue weighted by Gasteiger charge is -2.11. The molecule has 0 bridgehead atoms. The first-order chi connectivity index (χ1) is 8.19. The Kier molecular flexibility index (Phi) is 3.13. The van der Waals surface area contributed by atoms with E-state index in [1.165, 1.54) is 14.2 Å². The van der Waals surface area contributed by atoms with Crippen LogP contribution in [-0.2, 0) is 22.3 Å². The first-order valence-corrected chi connectivity index (χ1v) is 5.50. The summed E-state index contributed by atoms with van der Waals surface area (Å²) < 4.78 is 9.43. The number of fused-ring (bicyclic) bond motifs is 1. The minimum Gasteiger partial charge on any atom is -0.465 e. The lowest BCUT2D eigenvalue weighted by Crippen LogP contribution is -2.14. The van der Waals surface area contributed by atoms with Crippen LogP contribution in [0.5, 0.6) is 0 Å². The Morgan fingerprint density at radius 3 is 2.41 bits per heavy atom. The van der Waals surface area contributed by atoms with Crippen LogP contribution in [0.2, 0.25) is 0 Å². The molecule has 4 nitrogen and oxygen atoms in total. The van der Waals surface area contributed by atoms with Crippen molar-refractivity contribution >= 4 is 11.9 Å². The monoisotopic (exact) mass is 234 g/mol. The van der Waals surface area contributed by atoms with E-state index >= 15 is 0 Å². The second-order valence-corrected chi connectivity index (χ2v) is 3.96. The summed E-state index contributed by atoms with van der Waals surface area (Å²) in [6, 6.07) is 3.53. The topological polar surface area (TPSA) is 52.6 Å². The Hall–Kier alpha value is -1.84. The van der Waals surface area contributed by atoms with Crippen molar-refractivity contribution in [2.24, 2.45) is 0 Å². The van der Waals surface area contributed by atoms with Crippen molar-refractivity contribution in [3.8, 4) is 0 Å². The van der Waals surface area contributed by atoms with Crippen molar-refractivity contribution < 1.29 is 19.1 Å². The molecule has 2 rings (SSSR count). The molecule has 1 aromatic carbocycles. The van der Waals surface area contributed by atoms with Crippen molar-refractivity contribution in [3.05, 3.63) is 34.4 Å². The molecule has 0 heterocycles. The number of carbonyl (C=O) groups is 2. The van der Waals surface area contributed by atoms with Gasteiger partial charge in [-0.15, -0.1) is 0 Å². The molecule has 0 saturated carbocycles. The predicted molar refractivity (Wildman–Crippen MR) is 61.1 cm³/mol. The third kappa shape index (κ3) is 1.90. The summed E-state index contributed by atoms with van der Waals surface area (Å²) in [5.74, 6) is -0.968. The number of esters is 2. The number of methoxy groups -OCH3 is 2. The molecular formula is C13H14O4. The van der Waals surface area contributed by atoms with Crippen LogP contribution in [0.15, 0.2) is 12.1 Å². The highest BCUT2D eigenvalue weighted by atomic mass is 16.5. The van der Waals surface area contributed by atoms with Crippen LogP contribution >= 0.6 is 0 Å². The van der Waals surface area contributed by atoms with E-state index in [1.807, 2.05) is 6.07 Å². The van der Waals surface area contributed by atoms with Gasteiger partial charge >= 0.3 is 11.9 Å².